The molecule has 1 saturated heterocycles. The molecule has 1 saturated carbocycles. The van der Waals surface area contributed by atoms with Crippen LogP contribution in [0.5, 0.6) is 11.5 Å². The Kier molecular flexibility index (Phi) is 4.94. The van der Waals surface area contributed by atoms with Crippen LogP contribution in [-0.2, 0) is 14.4 Å². The van der Waals surface area contributed by atoms with Crippen LogP contribution >= 0.6 is 15.9 Å². The van der Waals surface area contributed by atoms with Crippen LogP contribution in [0.15, 0.2) is 33.9 Å². The maximum atomic E-state index is 12.8. The molecular weight excluding hydrogens is 444 g/mol. The topological polar surface area (TPSA) is 106 Å². The predicted octanol–water partition coefficient (Wildman–Crippen LogP) is 2.45. The molecule has 4 rings (SSSR count). The molecule has 2 bridgehead atoms. The highest BCUT2D eigenvalue weighted by Gasteiger charge is 2.59. The Hall–Kier alpha value is -2.68. The maximum Gasteiger partial charge on any atom is 0.344 e. The monoisotopic (exact) mass is 462 g/mol. The van der Waals surface area contributed by atoms with Crippen molar-refractivity contribution in [3.8, 4) is 11.5 Å². The summed E-state index contributed by atoms with van der Waals surface area (Å²) < 4.78 is 11.5. The van der Waals surface area contributed by atoms with Gasteiger partial charge in [0.2, 0.25) is 0 Å². The lowest BCUT2D eigenvalue weighted by Crippen LogP contribution is -2.28. The van der Waals surface area contributed by atoms with E-state index >= 15 is 0 Å². The second-order valence-corrected chi connectivity index (χ2v) is 8.27. The van der Waals surface area contributed by atoms with Gasteiger partial charge < -0.3 is 14.6 Å². The fourth-order valence-electron chi connectivity index (χ4n) is 4.31. The van der Waals surface area contributed by atoms with Gasteiger partial charge in [0.15, 0.2) is 17.6 Å². The fraction of sp³-hybridized carbons (Fsp3) is 0.400. The molecule has 0 unspecified atom stereocenters. The summed E-state index contributed by atoms with van der Waals surface area (Å²) in [5.74, 6) is -1.75. The minimum Gasteiger partial charge on any atom is -0.493 e. The lowest BCUT2D eigenvalue weighted by atomic mass is 9.85. The Morgan fingerprint density at radius 3 is 2.45 bits per heavy atom. The van der Waals surface area contributed by atoms with Crippen LogP contribution in [0.2, 0.25) is 0 Å². The van der Waals surface area contributed by atoms with Crippen LogP contribution in [0, 0.1) is 23.7 Å². The van der Waals surface area contributed by atoms with Crippen molar-refractivity contribution in [2.75, 3.05) is 7.11 Å². The first-order valence-electron chi connectivity index (χ1n) is 9.19. The van der Waals surface area contributed by atoms with Gasteiger partial charge in [-0.3, -0.25) is 9.59 Å². The molecule has 3 aliphatic rings. The molecule has 2 aliphatic carbocycles. The highest BCUT2D eigenvalue weighted by molar-refractivity contribution is 9.10. The van der Waals surface area contributed by atoms with Crippen LogP contribution in [-0.4, -0.2) is 47.3 Å². The maximum absolute atomic E-state index is 12.8. The van der Waals surface area contributed by atoms with E-state index in [2.05, 4.69) is 21.0 Å². The average Bonchev–Trinajstić information content (AvgIpc) is 3.36. The Labute approximate surface area is 175 Å². The van der Waals surface area contributed by atoms with Crippen molar-refractivity contribution in [2.45, 2.75) is 19.4 Å². The summed E-state index contributed by atoms with van der Waals surface area (Å²) in [7, 11) is 1.43. The zero-order chi connectivity index (χ0) is 20.9. The van der Waals surface area contributed by atoms with Gasteiger partial charge in [-0.15, -0.1) is 0 Å². The highest BCUT2D eigenvalue weighted by atomic mass is 79.9. The molecule has 2 fully saturated rings. The molecule has 0 spiro atoms. The quantitative estimate of drug-likeness (QED) is 0.395. The van der Waals surface area contributed by atoms with E-state index in [1.165, 1.54) is 20.2 Å². The van der Waals surface area contributed by atoms with Crippen molar-refractivity contribution in [2.24, 2.45) is 28.8 Å². The zero-order valence-corrected chi connectivity index (χ0v) is 17.3. The first-order valence-corrected chi connectivity index (χ1v) is 9.98. The number of aliphatic carboxylic acids is 1. The van der Waals surface area contributed by atoms with Gasteiger partial charge in [0, 0.05) is 10.0 Å². The summed E-state index contributed by atoms with van der Waals surface area (Å²) in [6, 6.07) is 3.27. The number of nitrogens with zero attached hydrogens (tertiary/aromatic N) is 2. The number of halogens is 1. The van der Waals surface area contributed by atoms with E-state index in [4.69, 9.17) is 14.6 Å². The Morgan fingerprint density at radius 2 is 1.90 bits per heavy atom. The third kappa shape index (κ3) is 3.23. The van der Waals surface area contributed by atoms with E-state index in [0.29, 0.717) is 15.8 Å². The molecular formula is C20H19BrN2O6. The van der Waals surface area contributed by atoms with Gasteiger partial charge in [0.05, 0.1) is 25.2 Å². The molecule has 0 aromatic heterocycles. The van der Waals surface area contributed by atoms with Crippen LogP contribution in [0.25, 0.3) is 0 Å². The zero-order valence-electron chi connectivity index (χ0n) is 15.7. The summed E-state index contributed by atoms with van der Waals surface area (Å²) in [4.78, 5) is 36.7. The summed E-state index contributed by atoms with van der Waals surface area (Å²) in [5.41, 5.74) is 0.378. The van der Waals surface area contributed by atoms with Crippen molar-refractivity contribution in [3.63, 3.8) is 0 Å². The Morgan fingerprint density at radius 1 is 1.28 bits per heavy atom. The van der Waals surface area contributed by atoms with Crippen molar-refractivity contribution in [3.05, 3.63) is 34.3 Å². The van der Waals surface area contributed by atoms with E-state index in [1.54, 1.807) is 12.1 Å². The van der Waals surface area contributed by atoms with E-state index < -0.39 is 12.1 Å². The summed E-state index contributed by atoms with van der Waals surface area (Å²) in [6.45, 7) is 1.39. The summed E-state index contributed by atoms with van der Waals surface area (Å²) in [6.07, 6.45) is 5.07. The molecule has 5 atom stereocenters. The second kappa shape index (κ2) is 7.29. The van der Waals surface area contributed by atoms with E-state index in [0.717, 1.165) is 11.4 Å². The number of benzene rings is 1. The number of fused-ring (bicyclic) bond motifs is 5. The smallest absolute Gasteiger partial charge is 0.344 e. The number of amides is 2. The number of hydrogen-bond acceptors (Lipinski definition) is 6. The van der Waals surface area contributed by atoms with E-state index in [1.807, 2.05) is 12.2 Å². The summed E-state index contributed by atoms with van der Waals surface area (Å²) in [5, 5.41) is 14.2. The molecule has 8 nitrogen and oxygen atoms in total. The number of rotatable bonds is 6. The van der Waals surface area contributed by atoms with E-state index in [9.17, 15) is 14.4 Å². The highest BCUT2D eigenvalue weighted by Crippen LogP contribution is 2.52. The van der Waals surface area contributed by atoms with Crippen molar-refractivity contribution >= 4 is 39.9 Å². The number of methoxy groups -OCH3 is 1. The number of carboxylic acid groups (broad SMARTS) is 1. The Balaban J connectivity index is 1.65. The minimum atomic E-state index is -1.14. The lowest BCUT2D eigenvalue weighted by Gasteiger charge is -2.17. The predicted molar refractivity (Wildman–Crippen MR) is 106 cm³/mol. The van der Waals surface area contributed by atoms with Gasteiger partial charge in [0.25, 0.3) is 11.8 Å². The van der Waals surface area contributed by atoms with Crippen molar-refractivity contribution < 1.29 is 29.0 Å². The Bertz CT molecular complexity index is 929. The lowest BCUT2D eigenvalue weighted by molar-refractivity contribution is -0.144. The van der Waals surface area contributed by atoms with Gasteiger partial charge in [-0.25, -0.2) is 4.79 Å². The molecule has 0 radical (unpaired) electrons. The summed E-state index contributed by atoms with van der Waals surface area (Å²) >= 11 is 3.35. The van der Waals surface area contributed by atoms with Crippen molar-refractivity contribution in [1.82, 2.24) is 5.01 Å². The molecule has 1 N–H and O–H groups in total. The molecule has 9 heteroatoms. The number of hydrogen-bond donors (Lipinski definition) is 1. The van der Waals surface area contributed by atoms with Crippen molar-refractivity contribution in [1.29, 1.82) is 0 Å². The molecule has 1 aromatic rings. The largest absolute Gasteiger partial charge is 0.493 e. The second-order valence-electron chi connectivity index (χ2n) is 7.36. The number of carboxylic acids is 1. The fourth-order valence-corrected chi connectivity index (χ4v) is 4.76. The average molecular weight is 463 g/mol. The third-order valence-corrected chi connectivity index (χ3v) is 6.13. The molecule has 2 amide bonds. The number of hydrazone groups is 1. The van der Waals surface area contributed by atoms with Gasteiger partial charge >= 0.3 is 5.97 Å². The number of ether oxygens (including phenoxy) is 2. The van der Waals surface area contributed by atoms with Crippen LogP contribution < -0.4 is 9.47 Å². The van der Waals surface area contributed by atoms with E-state index in [-0.39, 0.29) is 41.2 Å². The van der Waals surface area contributed by atoms with Crippen LogP contribution in [0.3, 0.4) is 0 Å². The van der Waals surface area contributed by atoms with Gasteiger partial charge in [-0.1, -0.05) is 28.1 Å². The minimum absolute atomic E-state index is 0.0999. The molecule has 1 heterocycles. The molecule has 1 aliphatic heterocycles. The normalized spacial score (nSPS) is 28.3. The SMILES string of the molecule is COc1cc(Br)cc(C=NN2C(=O)[C@@H]3[C@H](C2=O)[C@H]2C=C[C@H]3C2)c1O[C@H](C)C(=O)O. The van der Waals surface area contributed by atoms with Gasteiger partial charge in [0.1, 0.15) is 0 Å². The van der Waals surface area contributed by atoms with Crippen LogP contribution in [0.1, 0.15) is 18.9 Å². The first-order chi connectivity index (χ1) is 13.8. The van der Waals surface area contributed by atoms with Gasteiger partial charge in [-0.2, -0.15) is 10.1 Å². The number of allylic oxidation sites excluding steroid dienone is 2. The first kappa shape index (κ1) is 19.6. The molecule has 29 heavy (non-hydrogen) atoms. The third-order valence-electron chi connectivity index (χ3n) is 5.67. The number of carbonyl (C=O) groups excluding carboxylic acids is 2. The van der Waals surface area contributed by atoms with Gasteiger partial charge in [-0.05, 0) is 37.3 Å². The number of imide groups is 1. The number of carbonyl (C=O) groups is 3. The molecule has 152 valence electrons. The standard InChI is InChI=1S/C20H19BrN2O6/c1-9(20(26)27)29-17-12(6-13(21)7-14(17)28-2)8-22-23-18(24)15-10-3-4-11(5-10)16(15)19(23)25/h3-4,6-11,15-16H,5H2,1-2H3,(H,26,27)/t9-,10+,11+,15-,16+/m1/s1. The van der Waals surface area contributed by atoms with Crippen LogP contribution in [0.4, 0.5) is 0 Å². The molecule has 1 aromatic carbocycles.